The molecule has 120 valence electrons. The van der Waals surface area contributed by atoms with Crippen molar-refractivity contribution in [3.63, 3.8) is 0 Å². The number of ketones is 1. The summed E-state index contributed by atoms with van der Waals surface area (Å²) in [6.07, 6.45) is 1.90. The van der Waals surface area contributed by atoms with Crippen LogP contribution in [0.4, 0.5) is 5.69 Å². The van der Waals surface area contributed by atoms with Crippen molar-refractivity contribution in [3.8, 4) is 5.75 Å². The highest BCUT2D eigenvalue weighted by Crippen LogP contribution is 2.23. The normalized spacial score (nSPS) is 12.6. The van der Waals surface area contributed by atoms with E-state index in [0.717, 1.165) is 42.9 Å². The monoisotopic (exact) mass is 310 g/mol. The van der Waals surface area contributed by atoms with Crippen molar-refractivity contribution in [1.82, 2.24) is 5.32 Å². The lowest BCUT2D eigenvalue weighted by Gasteiger charge is -2.07. The molecule has 0 amide bonds. The number of hydrogen-bond donors (Lipinski definition) is 2. The maximum absolute atomic E-state index is 12.2. The van der Waals surface area contributed by atoms with Crippen LogP contribution in [0.3, 0.4) is 0 Å². The summed E-state index contributed by atoms with van der Waals surface area (Å²) < 4.78 is 5.14. The number of ether oxygens (including phenoxy) is 1. The highest BCUT2D eigenvalue weighted by atomic mass is 16.5. The van der Waals surface area contributed by atoms with E-state index in [-0.39, 0.29) is 5.78 Å². The molecule has 0 bridgehead atoms. The maximum Gasteiger partial charge on any atom is 0.176 e. The lowest BCUT2D eigenvalue weighted by atomic mass is 10.1. The van der Waals surface area contributed by atoms with Gasteiger partial charge < -0.3 is 15.4 Å². The summed E-state index contributed by atoms with van der Waals surface area (Å²) in [5.74, 6) is 1.01. The second kappa shape index (κ2) is 7.29. The molecule has 2 N–H and O–H groups in total. The molecule has 1 heterocycles. The van der Waals surface area contributed by atoms with Crippen molar-refractivity contribution < 1.29 is 9.53 Å². The number of benzene rings is 2. The lowest BCUT2D eigenvalue weighted by molar-refractivity contribution is 0.0991. The molecule has 2 aromatic carbocycles. The van der Waals surface area contributed by atoms with Gasteiger partial charge in [0, 0.05) is 17.8 Å². The summed E-state index contributed by atoms with van der Waals surface area (Å²) >= 11 is 0. The van der Waals surface area contributed by atoms with Crippen LogP contribution in [0.1, 0.15) is 21.5 Å². The fourth-order valence-electron chi connectivity index (χ4n) is 2.81. The topological polar surface area (TPSA) is 50.4 Å². The van der Waals surface area contributed by atoms with Gasteiger partial charge in [-0.15, -0.1) is 0 Å². The summed E-state index contributed by atoms with van der Waals surface area (Å²) in [4.78, 5) is 12.2. The zero-order valence-corrected chi connectivity index (χ0v) is 13.4. The first-order valence-corrected chi connectivity index (χ1v) is 8.00. The van der Waals surface area contributed by atoms with Crippen molar-refractivity contribution in [3.05, 3.63) is 59.2 Å². The van der Waals surface area contributed by atoms with Crippen LogP contribution in [0, 0.1) is 0 Å². The van der Waals surface area contributed by atoms with Gasteiger partial charge in [-0.1, -0.05) is 12.1 Å². The van der Waals surface area contributed by atoms with Crippen LogP contribution in [-0.4, -0.2) is 32.5 Å². The molecule has 2 aromatic rings. The van der Waals surface area contributed by atoms with Crippen LogP contribution in [0.5, 0.6) is 5.75 Å². The number of hydrogen-bond acceptors (Lipinski definition) is 4. The number of Topliss-reactive ketones (excluding diaryl/α,β-unsaturated/α-hetero) is 1. The number of carbonyl (C=O) groups is 1. The molecule has 0 aromatic heterocycles. The second-order valence-corrected chi connectivity index (χ2v) is 5.75. The van der Waals surface area contributed by atoms with Crippen molar-refractivity contribution >= 4 is 11.5 Å². The van der Waals surface area contributed by atoms with Gasteiger partial charge in [-0.2, -0.15) is 0 Å². The SMILES string of the molecule is COc1ccc(CCNCC(=O)c2ccc3c(c2)CCN3)cc1. The minimum absolute atomic E-state index is 0.148. The summed E-state index contributed by atoms with van der Waals surface area (Å²) in [7, 11) is 1.66. The molecule has 0 saturated heterocycles. The van der Waals surface area contributed by atoms with Crippen molar-refractivity contribution in [2.45, 2.75) is 12.8 Å². The molecule has 0 atom stereocenters. The Morgan fingerprint density at radius 3 is 2.83 bits per heavy atom. The van der Waals surface area contributed by atoms with Gasteiger partial charge in [0.1, 0.15) is 5.75 Å². The first kappa shape index (κ1) is 15.6. The Balaban J connectivity index is 1.45. The van der Waals surface area contributed by atoms with E-state index in [1.54, 1.807) is 7.11 Å². The number of nitrogens with one attached hydrogen (secondary N) is 2. The molecule has 3 rings (SSSR count). The molecule has 23 heavy (non-hydrogen) atoms. The molecular formula is C19H22N2O2. The Labute approximate surface area is 136 Å². The summed E-state index contributed by atoms with van der Waals surface area (Å²) in [6.45, 7) is 2.13. The predicted molar refractivity (Wildman–Crippen MR) is 92.5 cm³/mol. The standard InChI is InChI=1S/C19H22N2O2/c1-23-17-5-2-14(3-6-17)8-10-20-13-19(22)16-4-7-18-15(12-16)9-11-21-18/h2-7,12,20-21H,8-11,13H2,1H3. The second-order valence-electron chi connectivity index (χ2n) is 5.75. The van der Waals surface area contributed by atoms with Crippen molar-refractivity contribution in [1.29, 1.82) is 0 Å². The third kappa shape index (κ3) is 3.90. The van der Waals surface area contributed by atoms with E-state index in [1.165, 1.54) is 11.1 Å². The smallest absolute Gasteiger partial charge is 0.176 e. The average Bonchev–Trinajstić information content (AvgIpc) is 3.06. The predicted octanol–water partition coefficient (Wildman–Crippen LogP) is 2.68. The Morgan fingerprint density at radius 1 is 1.22 bits per heavy atom. The lowest BCUT2D eigenvalue weighted by Crippen LogP contribution is -2.25. The van der Waals surface area contributed by atoms with Gasteiger partial charge in [-0.05, 0) is 60.8 Å². The van der Waals surface area contributed by atoms with Crippen LogP contribution in [-0.2, 0) is 12.8 Å². The highest BCUT2D eigenvalue weighted by Gasteiger charge is 2.13. The molecule has 0 radical (unpaired) electrons. The maximum atomic E-state index is 12.2. The Hall–Kier alpha value is -2.33. The van der Waals surface area contributed by atoms with Crippen LogP contribution < -0.4 is 15.4 Å². The van der Waals surface area contributed by atoms with Crippen LogP contribution in [0.2, 0.25) is 0 Å². The Morgan fingerprint density at radius 2 is 2.04 bits per heavy atom. The fourth-order valence-corrected chi connectivity index (χ4v) is 2.81. The largest absolute Gasteiger partial charge is 0.497 e. The third-order valence-corrected chi connectivity index (χ3v) is 4.17. The highest BCUT2D eigenvalue weighted by molar-refractivity contribution is 5.98. The van der Waals surface area contributed by atoms with Gasteiger partial charge in [0.15, 0.2) is 5.78 Å². The van der Waals surface area contributed by atoms with E-state index < -0.39 is 0 Å². The van der Waals surface area contributed by atoms with Crippen molar-refractivity contribution in [2.24, 2.45) is 0 Å². The van der Waals surface area contributed by atoms with Gasteiger partial charge in [0.05, 0.1) is 13.7 Å². The molecule has 0 saturated carbocycles. The first-order chi connectivity index (χ1) is 11.3. The number of methoxy groups -OCH3 is 1. The molecule has 0 unspecified atom stereocenters. The molecule has 4 heteroatoms. The van der Waals surface area contributed by atoms with E-state index in [9.17, 15) is 4.79 Å². The molecule has 1 aliphatic rings. The Bertz CT molecular complexity index is 680. The molecule has 0 spiro atoms. The van der Waals surface area contributed by atoms with Gasteiger partial charge >= 0.3 is 0 Å². The van der Waals surface area contributed by atoms with Crippen LogP contribution in [0.15, 0.2) is 42.5 Å². The number of fused-ring (bicyclic) bond motifs is 1. The van der Waals surface area contributed by atoms with Gasteiger partial charge in [-0.3, -0.25) is 4.79 Å². The molecule has 0 aliphatic carbocycles. The number of carbonyl (C=O) groups excluding carboxylic acids is 1. The van der Waals surface area contributed by atoms with Gasteiger partial charge in [0.25, 0.3) is 0 Å². The third-order valence-electron chi connectivity index (χ3n) is 4.17. The van der Waals surface area contributed by atoms with E-state index in [1.807, 2.05) is 30.3 Å². The van der Waals surface area contributed by atoms with Gasteiger partial charge in [0.2, 0.25) is 0 Å². The van der Waals surface area contributed by atoms with E-state index >= 15 is 0 Å². The number of anilines is 1. The van der Waals surface area contributed by atoms with Crippen LogP contribution >= 0.6 is 0 Å². The summed E-state index contributed by atoms with van der Waals surface area (Å²) in [5, 5.41) is 6.54. The first-order valence-electron chi connectivity index (χ1n) is 8.00. The zero-order valence-electron chi connectivity index (χ0n) is 13.4. The molecule has 0 fully saturated rings. The fraction of sp³-hybridized carbons (Fsp3) is 0.316. The van der Waals surface area contributed by atoms with Crippen molar-refractivity contribution in [2.75, 3.05) is 32.1 Å². The van der Waals surface area contributed by atoms with E-state index in [2.05, 4.69) is 22.8 Å². The number of rotatable bonds is 7. The quantitative estimate of drug-likeness (QED) is 0.610. The summed E-state index contributed by atoms with van der Waals surface area (Å²) in [6, 6.07) is 13.9. The molecular weight excluding hydrogens is 288 g/mol. The molecule has 4 nitrogen and oxygen atoms in total. The average molecular weight is 310 g/mol. The minimum Gasteiger partial charge on any atom is -0.497 e. The van der Waals surface area contributed by atoms with E-state index in [4.69, 9.17) is 4.74 Å². The molecule has 1 aliphatic heterocycles. The van der Waals surface area contributed by atoms with Crippen LogP contribution in [0.25, 0.3) is 0 Å². The zero-order chi connectivity index (χ0) is 16.1. The Kier molecular flexibility index (Phi) is 4.93. The van der Waals surface area contributed by atoms with E-state index in [0.29, 0.717) is 6.54 Å². The summed E-state index contributed by atoms with van der Waals surface area (Å²) in [5.41, 5.74) is 4.43. The van der Waals surface area contributed by atoms with Gasteiger partial charge in [-0.25, -0.2) is 0 Å². The minimum atomic E-state index is 0.148.